The lowest BCUT2D eigenvalue weighted by atomic mass is 10.3. The van der Waals surface area contributed by atoms with E-state index < -0.39 is 0 Å². The largest absolute Gasteiger partial charge is 0.378 e. The first-order valence-corrected chi connectivity index (χ1v) is 3.13. The molecule has 0 aromatic carbocycles. The van der Waals surface area contributed by atoms with Gasteiger partial charge < -0.3 is 4.90 Å². The van der Waals surface area contributed by atoms with E-state index in [1.807, 2.05) is 31.1 Å². The summed E-state index contributed by atoms with van der Waals surface area (Å²) < 4.78 is 0. The van der Waals surface area contributed by atoms with Crippen LogP contribution in [0.1, 0.15) is 0 Å². The summed E-state index contributed by atoms with van der Waals surface area (Å²) in [7, 11) is 3.99. The molecule has 0 radical (unpaired) electrons. The molecule has 0 saturated carbocycles. The van der Waals surface area contributed by atoms with Gasteiger partial charge in [-0.2, -0.15) is 0 Å². The SMILES string of the molecule is CN(C)C1=CC=C=NC=C1. The van der Waals surface area contributed by atoms with Crippen LogP contribution in [-0.4, -0.2) is 24.9 Å². The molecule has 1 aliphatic heterocycles. The maximum absolute atomic E-state index is 3.84. The van der Waals surface area contributed by atoms with Gasteiger partial charge in [-0.05, 0) is 18.0 Å². The Morgan fingerprint density at radius 1 is 1.50 bits per heavy atom. The fourth-order valence-electron chi connectivity index (χ4n) is 0.676. The normalized spacial score (nSPS) is 14.8. The Morgan fingerprint density at radius 3 is 3.00 bits per heavy atom. The maximum Gasteiger partial charge on any atom is 0.0388 e. The van der Waals surface area contributed by atoms with Crippen LogP contribution in [0.2, 0.25) is 0 Å². The van der Waals surface area contributed by atoms with Gasteiger partial charge in [-0.25, -0.2) is 4.99 Å². The van der Waals surface area contributed by atoms with Crippen LogP contribution in [0.4, 0.5) is 0 Å². The van der Waals surface area contributed by atoms with Crippen molar-refractivity contribution in [2.24, 2.45) is 4.99 Å². The second-order valence-corrected chi connectivity index (χ2v) is 2.23. The fourth-order valence-corrected chi connectivity index (χ4v) is 0.676. The van der Waals surface area contributed by atoms with Crippen LogP contribution in [0.3, 0.4) is 0 Å². The van der Waals surface area contributed by atoms with Crippen molar-refractivity contribution in [3.63, 3.8) is 0 Å². The summed E-state index contributed by atoms with van der Waals surface area (Å²) in [6.45, 7) is 0. The van der Waals surface area contributed by atoms with E-state index >= 15 is 0 Å². The topological polar surface area (TPSA) is 15.6 Å². The second-order valence-electron chi connectivity index (χ2n) is 2.23. The lowest BCUT2D eigenvalue weighted by Crippen LogP contribution is -2.08. The first-order chi connectivity index (χ1) is 4.80. The molecule has 0 spiro atoms. The first kappa shape index (κ1) is 6.84. The monoisotopic (exact) mass is 134 g/mol. The fraction of sp³-hybridized carbons (Fsp3) is 0.250. The molecule has 0 aromatic rings. The van der Waals surface area contributed by atoms with Gasteiger partial charge in [0, 0.05) is 32.1 Å². The summed E-state index contributed by atoms with van der Waals surface area (Å²) >= 11 is 0. The number of nitrogens with zero attached hydrogens (tertiary/aromatic N) is 2. The highest BCUT2D eigenvalue weighted by molar-refractivity contribution is 5.57. The van der Waals surface area contributed by atoms with Crippen LogP contribution in [0.25, 0.3) is 0 Å². The minimum atomic E-state index is 1.13. The Kier molecular flexibility index (Phi) is 2.08. The van der Waals surface area contributed by atoms with Gasteiger partial charge in [0.1, 0.15) is 0 Å². The average molecular weight is 134 g/mol. The van der Waals surface area contributed by atoms with Crippen molar-refractivity contribution in [1.29, 1.82) is 0 Å². The van der Waals surface area contributed by atoms with Gasteiger partial charge >= 0.3 is 0 Å². The molecule has 2 nitrogen and oxygen atoms in total. The molecule has 0 saturated heterocycles. The molecular formula is C8H10N2. The highest BCUT2D eigenvalue weighted by Crippen LogP contribution is 2.01. The quantitative estimate of drug-likeness (QED) is 0.526. The summed E-state index contributed by atoms with van der Waals surface area (Å²) in [6, 6.07) is 0. The Morgan fingerprint density at radius 2 is 2.30 bits per heavy atom. The van der Waals surface area contributed by atoms with Crippen LogP contribution in [0, 0.1) is 0 Å². The van der Waals surface area contributed by atoms with Crippen molar-refractivity contribution in [1.82, 2.24) is 4.90 Å². The Bertz CT molecular complexity index is 228. The molecule has 0 amide bonds. The molecule has 0 atom stereocenters. The van der Waals surface area contributed by atoms with Crippen molar-refractivity contribution in [3.8, 4) is 0 Å². The van der Waals surface area contributed by atoms with Crippen LogP contribution in [0.15, 0.2) is 35.1 Å². The van der Waals surface area contributed by atoms with E-state index in [0.29, 0.717) is 0 Å². The minimum absolute atomic E-state index is 1.13. The molecule has 0 aromatic heterocycles. The van der Waals surface area contributed by atoms with Gasteiger partial charge in [0.05, 0.1) is 0 Å². The Hall–Kier alpha value is -1.27. The molecule has 1 heterocycles. The van der Waals surface area contributed by atoms with Crippen LogP contribution in [0.5, 0.6) is 0 Å². The van der Waals surface area contributed by atoms with Crippen LogP contribution in [-0.2, 0) is 0 Å². The molecule has 1 rings (SSSR count). The van der Waals surface area contributed by atoms with Crippen molar-refractivity contribution < 1.29 is 0 Å². The predicted octanol–water partition coefficient (Wildman–Crippen LogP) is 1.19. The molecule has 2 heteroatoms. The number of aliphatic imine (C=N–C) groups is 1. The van der Waals surface area contributed by atoms with Gasteiger partial charge in [0.2, 0.25) is 0 Å². The highest BCUT2D eigenvalue weighted by Gasteiger charge is 1.91. The first-order valence-electron chi connectivity index (χ1n) is 3.13. The van der Waals surface area contributed by atoms with Gasteiger partial charge in [-0.1, -0.05) is 0 Å². The summed E-state index contributed by atoms with van der Waals surface area (Å²) in [5.74, 6) is 2.74. The summed E-state index contributed by atoms with van der Waals surface area (Å²) in [5, 5.41) is 0. The zero-order valence-electron chi connectivity index (χ0n) is 6.20. The Balaban J connectivity index is 2.81. The summed E-state index contributed by atoms with van der Waals surface area (Å²) in [6.07, 6.45) is 7.44. The lowest BCUT2D eigenvalue weighted by molar-refractivity contribution is 0.530. The smallest absolute Gasteiger partial charge is 0.0388 e. The highest BCUT2D eigenvalue weighted by atomic mass is 15.1. The third kappa shape index (κ3) is 1.61. The minimum Gasteiger partial charge on any atom is -0.378 e. The van der Waals surface area contributed by atoms with E-state index in [1.54, 1.807) is 12.3 Å². The summed E-state index contributed by atoms with van der Waals surface area (Å²) in [4.78, 5) is 5.86. The lowest BCUT2D eigenvalue weighted by Gasteiger charge is -2.11. The zero-order chi connectivity index (χ0) is 7.40. The Labute approximate surface area is 60.9 Å². The molecule has 10 heavy (non-hydrogen) atoms. The van der Waals surface area contributed by atoms with Gasteiger partial charge in [-0.15, -0.1) is 0 Å². The number of allylic oxidation sites excluding steroid dienone is 3. The van der Waals surface area contributed by atoms with Crippen LogP contribution < -0.4 is 0 Å². The van der Waals surface area contributed by atoms with Crippen molar-refractivity contribution in [3.05, 3.63) is 30.1 Å². The van der Waals surface area contributed by atoms with Gasteiger partial charge in [0.25, 0.3) is 0 Å². The van der Waals surface area contributed by atoms with Crippen molar-refractivity contribution in [2.75, 3.05) is 14.1 Å². The van der Waals surface area contributed by atoms with Crippen LogP contribution >= 0.6 is 0 Å². The number of rotatable bonds is 1. The summed E-state index contributed by atoms with van der Waals surface area (Å²) in [5.41, 5.74) is 1.13. The molecule has 52 valence electrons. The molecule has 0 unspecified atom stereocenters. The van der Waals surface area contributed by atoms with E-state index in [9.17, 15) is 0 Å². The van der Waals surface area contributed by atoms with E-state index in [1.165, 1.54) is 0 Å². The third-order valence-corrected chi connectivity index (χ3v) is 1.24. The van der Waals surface area contributed by atoms with Crippen molar-refractivity contribution in [2.45, 2.75) is 0 Å². The van der Waals surface area contributed by atoms with E-state index in [2.05, 4.69) is 10.9 Å². The number of hydrogen-bond donors (Lipinski definition) is 0. The third-order valence-electron chi connectivity index (χ3n) is 1.24. The average Bonchev–Trinajstić information content (AvgIpc) is 2.12. The molecule has 1 aliphatic rings. The molecule has 0 bridgehead atoms. The zero-order valence-corrected chi connectivity index (χ0v) is 6.20. The van der Waals surface area contributed by atoms with Gasteiger partial charge in [-0.3, -0.25) is 0 Å². The molecule has 0 aliphatic carbocycles. The maximum atomic E-state index is 3.84. The molecule has 0 fully saturated rings. The van der Waals surface area contributed by atoms with Crippen molar-refractivity contribution >= 4 is 5.87 Å². The second kappa shape index (κ2) is 3.04. The number of hydrogen-bond acceptors (Lipinski definition) is 2. The van der Waals surface area contributed by atoms with Gasteiger partial charge in [0.15, 0.2) is 0 Å². The predicted molar refractivity (Wildman–Crippen MR) is 42.9 cm³/mol. The molecule has 0 N–H and O–H groups in total. The van der Waals surface area contributed by atoms with E-state index in [-0.39, 0.29) is 0 Å². The van der Waals surface area contributed by atoms with E-state index in [0.717, 1.165) is 5.70 Å². The molecular weight excluding hydrogens is 124 g/mol. The van der Waals surface area contributed by atoms with E-state index in [4.69, 9.17) is 0 Å². The number of likely N-dealkylation sites (N-methyl/N-ethyl adjacent to an activating group) is 1. The standard InChI is InChI=1S/C8H10N2/c1-10(2)8-4-3-6-9-7-5-8/h3-5,7H,1-2H3.